The molecule has 1 heterocycles. The second-order valence-corrected chi connectivity index (χ2v) is 7.69. The predicted molar refractivity (Wildman–Crippen MR) is 112 cm³/mol. The number of benzene rings is 2. The highest BCUT2D eigenvalue weighted by Gasteiger charge is 2.24. The third-order valence-electron chi connectivity index (χ3n) is 5.29. The van der Waals surface area contributed by atoms with Crippen LogP contribution in [0.15, 0.2) is 48.5 Å². The van der Waals surface area contributed by atoms with E-state index in [1.807, 2.05) is 31.2 Å². The van der Waals surface area contributed by atoms with Crippen molar-refractivity contribution in [1.29, 1.82) is 0 Å². The molecule has 154 valence electrons. The molecule has 0 spiro atoms. The SMILES string of the molecule is Cc1ccc(CNC(=O)CCC2CCCN(C(=O)Nc3ccc(F)cc3)C2)cc1. The summed E-state index contributed by atoms with van der Waals surface area (Å²) in [6.45, 7) is 3.91. The van der Waals surface area contributed by atoms with Crippen LogP contribution in [0.4, 0.5) is 14.9 Å². The van der Waals surface area contributed by atoms with Gasteiger partial charge in [0.25, 0.3) is 0 Å². The number of carbonyl (C=O) groups is 2. The maximum atomic E-state index is 13.0. The minimum atomic E-state index is -0.332. The van der Waals surface area contributed by atoms with Crippen LogP contribution in [0.3, 0.4) is 0 Å². The molecule has 2 aromatic rings. The van der Waals surface area contributed by atoms with Gasteiger partial charge in [0.2, 0.25) is 5.91 Å². The lowest BCUT2D eigenvalue weighted by Crippen LogP contribution is -2.42. The highest BCUT2D eigenvalue weighted by molar-refractivity contribution is 5.89. The monoisotopic (exact) mass is 397 g/mol. The summed E-state index contributed by atoms with van der Waals surface area (Å²) in [7, 11) is 0. The summed E-state index contributed by atoms with van der Waals surface area (Å²) in [4.78, 5) is 26.4. The Morgan fingerprint density at radius 3 is 2.55 bits per heavy atom. The number of hydrogen-bond acceptors (Lipinski definition) is 2. The predicted octanol–water partition coefficient (Wildman–Crippen LogP) is 4.47. The van der Waals surface area contributed by atoms with E-state index in [0.717, 1.165) is 24.8 Å². The third kappa shape index (κ3) is 6.59. The van der Waals surface area contributed by atoms with E-state index in [1.165, 1.54) is 17.7 Å². The number of likely N-dealkylation sites (tertiary alicyclic amines) is 1. The van der Waals surface area contributed by atoms with Crippen LogP contribution in [0, 0.1) is 18.7 Å². The van der Waals surface area contributed by atoms with Crippen molar-refractivity contribution in [3.63, 3.8) is 0 Å². The van der Waals surface area contributed by atoms with Crippen LogP contribution in [-0.2, 0) is 11.3 Å². The molecule has 0 bridgehead atoms. The van der Waals surface area contributed by atoms with E-state index in [1.54, 1.807) is 17.0 Å². The molecule has 6 heteroatoms. The van der Waals surface area contributed by atoms with Crippen LogP contribution >= 0.6 is 0 Å². The van der Waals surface area contributed by atoms with E-state index in [2.05, 4.69) is 10.6 Å². The number of nitrogens with one attached hydrogen (secondary N) is 2. The maximum Gasteiger partial charge on any atom is 0.321 e. The van der Waals surface area contributed by atoms with E-state index < -0.39 is 0 Å². The van der Waals surface area contributed by atoms with Gasteiger partial charge < -0.3 is 15.5 Å². The molecule has 29 heavy (non-hydrogen) atoms. The largest absolute Gasteiger partial charge is 0.352 e. The van der Waals surface area contributed by atoms with E-state index in [-0.39, 0.29) is 17.8 Å². The number of hydrogen-bond donors (Lipinski definition) is 2. The highest BCUT2D eigenvalue weighted by Crippen LogP contribution is 2.22. The van der Waals surface area contributed by atoms with Gasteiger partial charge in [-0.1, -0.05) is 29.8 Å². The molecule has 1 saturated heterocycles. The molecular formula is C23H28FN3O2. The van der Waals surface area contributed by atoms with Crippen LogP contribution in [0.25, 0.3) is 0 Å². The molecule has 1 unspecified atom stereocenters. The number of rotatable bonds is 6. The lowest BCUT2D eigenvalue weighted by atomic mass is 9.93. The molecular weight excluding hydrogens is 369 g/mol. The second kappa shape index (κ2) is 10.0. The summed E-state index contributed by atoms with van der Waals surface area (Å²) in [6.07, 6.45) is 3.17. The van der Waals surface area contributed by atoms with Gasteiger partial charge in [0.05, 0.1) is 0 Å². The molecule has 1 aliphatic rings. The van der Waals surface area contributed by atoms with Crippen molar-refractivity contribution >= 4 is 17.6 Å². The Bertz CT molecular complexity index is 821. The first-order valence-electron chi connectivity index (χ1n) is 10.1. The smallest absolute Gasteiger partial charge is 0.321 e. The number of urea groups is 1. The first kappa shape index (κ1) is 20.8. The number of aryl methyl sites for hydroxylation is 1. The summed E-state index contributed by atoms with van der Waals surface area (Å²) in [6, 6.07) is 13.7. The Balaban J connectivity index is 1.40. The molecule has 5 nitrogen and oxygen atoms in total. The third-order valence-corrected chi connectivity index (χ3v) is 5.29. The molecule has 0 radical (unpaired) electrons. The fourth-order valence-corrected chi connectivity index (χ4v) is 3.55. The average molecular weight is 397 g/mol. The molecule has 1 fully saturated rings. The Labute approximate surface area is 171 Å². The van der Waals surface area contributed by atoms with Crippen LogP contribution in [0.2, 0.25) is 0 Å². The normalized spacial score (nSPS) is 16.3. The Hall–Kier alpha value is -2.89. The number of carbonyl (C=O) groups excluding carboxylic acids is 2. The van der Waals surface area contributed by atoms with Crippen molar-refractivity contribution in [2.45, 2.75) is 39.2 Å². The zero-order valence-electron chi connectivity index (χ0n) is 16.8. The van der Waals surface area contributed by atoms with Gasteiger partial charge in [0.1, 0.15) is 5.82 Å². The minimum absolute atomic E-state index is 0.0402. The Kier molecular flexibility index (Phi) is 7.22. The zero-order chi connectivity index (χ0) is 20.6. The van der Waals surface area contributed by atoms with Crippen molar-refractivity contribution in [3.8, 4) is 0 Å². The summed E-state index contributed by atoms with van der Waals surface area (Å²) >= 11 is 0. The van der Waals surface area contributed by atoms with Crippen molar-refractivity contribution in [2.24, 2.45) is 5.92 Å². The lowest BCUT2D eigenvalue weighted by Gasteiger charge is -2.32. The zero-order valence-corrected chi connectivity index (χ0v) is 16.8. The van der Waals surface area contributed by atoms with Gasteiger partial charge in [-0.3, -0.25) is 4.79 Å². The standard InChI is InChI=1S/C23H28FN3O2/c1-17-4-6-18(7-5-17)15-25-22(28)13-8-19-3-2-14-27(16-19)23(29)26-21-11-9-20(24)10-12-21/h4-7,9-12,19H,2-3,8,13-16H2,1H3,(H,25,28)(H,26,29). The van der Waals surface area contributed by atoms with Gasteiger partial charge in [-0.15, -0.1) is 0 Å². The van der Waals surface area contributed by atoms with Crippen LogP contribution < -0.4 is 10.6 Å². The molecule has 0 aromatic heterocycles. The van der Waals surface area contributed by atoms with E-state index >= 15 is 0 Å². The number of nitrogens with zero attached hydrogens (tertiary/aromatic N) is 1. The van der Waals surface area contributed by atoms with E-state index in [0.29, 0.717) is 37.7 Å². The quantitative estimate of drug-likeness (QED) is 0.755. The number of halogens is 1. The summed E-state index contributed by atoms with van der Waals surface area (Å²) in [5, 5.41) is 5.77. The first-order chi connectivity index (χ1) is 14.0. The molecule has 3 rings (SSSR count). The van der Waals surface area contributed by atoms with Crippen LogP contribution in [0.5, 0.6) is 0 Å². The first-order valence-corrected chi connectivity index (χ1v) is 10.1. The molecule has 2 aromatic carbocycles. The van der Waals surface area contributed by atoms with Gasteiger partial charge in [-0.25, -0.2) is 9.18 Å². The number of piperidine rings is 1. The van der Waals surface area contributed by atoms with E-state index in [4.69, 9.17) is 0 Å². The summed E-state index contributed by atoms with van der Waals surface area (Å²) in [5.41, 5.74) is 2.87. The lowest BCUT2D eigenvalue weighted by molar-refractivity contribution is -0.121. The molecule has 2 N–H and O–H groups in total. The molecule has 1 aliphatic heterocycles. The molecule has 1 atom stereocenters. The fraction of sp³-hybridized carbons (Fsp3) is 0.391. The van der Waals surface area contributed by atoms with Gasteiger partial charge in [0, 0.05) is 31.7 Å². The maximum absolute atomic E-state index is 13.0. The van der Waals surface area contributed by atoms with Crippen LogP contribution in [0.1, 0.15) is 36.8 Å². The molecule has 3 amide bonds. The van der Waals surface area contributed by atoms with Crippen molar-refractivity contribution in [2.75, 3.05) is 18.4 Å². The summed E-state index contributed by atoms with van der Waals surface area (Å²) in [5.74, 6) is 0.0213. The number of amides is 3. The van der Waals surface area contributed by atoms with Gasteiger partial charge in [0.15, 0.2) is 0 Å². The van der Waals surface area contributed by atoms with E-state index in [9.17, 15) is 14.0 Å². The van der Waals surface area contributed by atoms with Gasteiger partial charge >= 0.3 is 6.03 Å². The molecule has 0 saturated carbocycles. The Morgan fingerprint density at radius 1 is 1.10 bits per heavy atom. The number of anilines is 1. The van der Waals surface area contributed by atoms with Crippen molar-refractivity contribution < 1.29 is 14.0 Å². The van der Waals surface area contributed by atoms with Crippen molar-refractivity contribution in [1.82, 2.24) is 10.2 Å². The topological polar surface area (TPSA) is 61.4 Å². The highest BCUT2D eigenvalue weighted by atomic mass is 19.1. The second-order valence-electron chi connectivity index (χ2n) is 7.69. The van der Waals surface area contributed by atoms with Crippen LogP contribution in [-0.4, -0.2) is 29.9 Å². The average Bonchev–Trinajstić information content (AvgIpc) is 2.73. The van der Waals surface area contributed by atoms with Crippen molar-refractivity contribution in [3.05, 3.63) is 65.5 Å². The summed E-state index contributed by atoms with van der Waals surface area (Å²) < 4.78 is 13.0. The fourth-order valence-electron chi connectivity index (χ4n) is 3.55. The minimum Gasteiger partial charge on any atom is -0.352 e. The molecule has 0 aliphatic carbocycles. The van der Waals surface area contributed by atoms with Gasteiger partial charge in [-0.05, 0) is 61.9 Å². The van der Waals surface area contributed by atoms with Gasteiger partial charge in [-0.2, -0.15) is 0 Å². The Morgan fingerprint density at radius 2 is 1.83 bits per heavy atom.